The van der Waals surface area contributed by atoms with Crippen molar-refractivity contribution in [2.24, 2.45) is 0 Å². The van der Waals surface area contributed by atoms with Crippen molar-refractivity contribution in [1.29, 1.82) is 0 Å². The second-order valence-electron chi connectivity index (χ2n) is 3.39. The Morgan fingerprint density at radius 3 is 2.79 bits per heavy atom. The molecule has 6 heteroatoms. The van der Waals surface area contributed by atoms with E-state index < -0.39 is 11.2 Å². The zero-order valence-corrected chi connectivity index (χ0v) is 7.87. The normalized spacial score (nSPS) is 11.4. The Morgan fingerprint density at radius 1 is 1.43 bits per heavy atom. The number of H-pyrrole nitrogens is 2. The summed E-state index contributed by atoms with van der Waals surface area (Å²) in [5.74, 6) is 0.818. The molecule has 2 heterocycles. The molecule has 2 rings (SSSR count). The number of imidazole rings is 1. The predicted molar refractivity (Wildman–Crippen MR) is 50.5 cm³/mol. The van der Waals surface area contributed by atoms with E-state index in [0.29, 0.717) is 11.3 Å². The molecule has 2 aromatic heterocycles. The molecule has 0 saturated carbocycles. The van der Waals surface area contributed by atoms with Gasteiger partial charge in [0.1, 0.15) is 11.3 Å². The number of aromatic nitrogens is 4. The molecular weight excluding hydrogens is 184 g/mol. The van der Waals surface area contributed by atoms with Crippen molar-refractivity contribution in [3.05, 3.63) is 32.9 Å². The summed E-state index contributed by atoms with van der Waals surface area (Å²) in [5, 5.41) is 2.50. The predicted octanol–water partition coefficient (Wildman–Crippen LogP) is -0.166. The zero-order valence-electron chi connectivity index (χ0n) is 7.87. The minimum Gasteiger partial charge on any atom is -0.271 e. The third-order valence-electron chi connectivity index (χ3n) is 1.98. The lowest BCUT2D eigenvalue weighted by Gasteiger charge is -2.02. The maximum atomic E-state index is 11.3. The Labute approximate surface area is 78.6 Å². The highest BCUT2D eigenvalue weighted by atomic mass is 16.2. The first-order valence-electron chi connectivity index (χ1n) is 4.29. The van der Waals surface area contributed by atoms with Gasteiger partial charge in [-0.2, -0.15) is 0 Å². The summed E-state index contributed by atoms with van der Waals surface area (Å²) < 4.78 is 1.42. The zero-order chi connectivity index (χ0) is 10.3. The minimum atomic E-state index is -0.526. The Kier molecular flexibility index (Phi) is 1.77. The Balaban J connectivity index is 2.92. The Hall–Kier alpha value is -1.85. The second kappa shape index (κ2) is 2.83. The highest BCUT2D eigenvalue weighted by molar-refractivity contribution is 5.41. The number of hydrogen-bond donors (Lipinski definition) is 2. The van der Waals surface area contributed by atoms with E-state index in [0.717, 1.165) is 0 Å². The van der Waals surface area contributed by atoms with Crippen LogP contribution in [0.25, 0.3) is 5.52 Å². The van der Waals surface area contributed by atoms with Crippen molar-refractivity contribution >= 4 is 5.52 Å². The summed E-state index contributed by atoms with van der Waals surface area (Å²) in [4.78, 5) is 28.5. The van der Waals surface area contributed by atoms with E-state index in [1.165, 1.54) is 10.7 Å². The molecule has 0 fully saturated rings. The van der Waals surface area contributed by atoms with Gasteiger partial charge in [-0.3, -0.25) is 9.78 Å². The molecule has 0 aromatic carbocycles. The van der Waals surface area contributed by atoms with E-state index >= 15 is 0 Å². The van der Waals surface area contributed by atoms with Crippen molar-refractivity contribution < 1.29 is 0 Å². The van der Waals surface area contributed by atoms with E-state index in [-0.39, 0.29) is 5.92 Å². The fourth-order valence-electron chi connectivity index (χ4n) is 1.35. The molecule has 0 unspecified atom stereocenters. The van der Waals surface area contributed by atoms with Crippen LogP contribution in [0.3, 0.4) is 0 Å². The lowest BCUT2D eigenvalue weighted by molar-refractivity contribution is 0.706. The second-order valence-corrected chi connectivity index (χ2v) is 3.39. The summed E-state index contributed by atoms with van der Waals surface area (Å²) in [6.45, 7) is 3.88. The topological polar surface area (TPSA) is 83.0 Å². The summed E-state index contributed by atoms with van der Waals surface area (Å²) in [7, 11) is 0. The molecule has 0 atom stereocenters. The first-order chi connectivity index (χ1) is 6.59. The highest BCUT2D eigenvalue weighted by Gasteiger charge is 2.10. The SMILES string of the molecule is CC(C)c1ncc2c(=O)[nH]c(=O)[nH]n12. The fourth-order valence-corrected chi connectivity index (χ4v) is 1.35. The van der Waals surface area contributed by atoms with Gasteiger partial charge in [-0.1, -0.05) is 13.8 Å². The molecule has 0 aliphatic heterocycles. The molecule has 0 radical (unpaired) electrons. The molecule has 6 nitrogen and oxygen atoms in total. The van der Waals surface area contributed by atoms with Gasteiger partial charge >= 0.3 is 5.69 Å². The van der Waals surface area contributed by atoms with Crippen LogP contribution in [0, 0.1) is 0 Å². The molecule has 0 aliphatic rings. The van der Waals surface area contributed by atoms with Crippen LogP contribution in [0.5, 0.6) is 0 Å². The third kappa shape index (κ3) is 1.15. The number of fused-ring (bicyclic) bond motifs is 1. The van der Waals surface area contributed by atoms with E-state index in [1.807, 2.05) is 13.8 Å². The highest BCUT2D eigenvalue weighted by Crippen LogP contribution is 2.10. The van der Waals surface area contributed by atoms with E-state index in [1.54, 1.807) is 0 Å². The van der Waals surface area contributed by atoms with Crippen molar-refractivity contribution in [1.82, 2.24) is 19.6 Å². The van der Waals surface area contributed by atoms with Gasteiger partial charge < -0.3 is 0 Å². The number of nitrogens with one attached hydrogen (secondary N) is 2. The van der Waals surface area contributed by atoms with Crippen LogP contribution in [-0.2, 0) is 0 Å². The molecule has 2 aromatic rings. The van der Waals surface area contributed by atoms with E-state index in [9.17, 15) is 9.59 Å². The van der Waals surface area contributed by atoms with Crippen LogP contribution in [0.15, 0.2) is 15.8 Å². The summed E-state index contributed by atoms with van der Waals surface area (Å²) >= 11 is 0. The number of rotatable bonds is 1. The molecule has 0 amide bonds. The number of nitrogens with zero attached hydrogens (tertiary/aromatic N) is 2. The first-order valence-corrected chi connectivity index (χ1v) is 4.29. The molecule has 0 saturated heterocycles. The van der Waals surface area contributed by atoms with Gasteiger partial charge in [0, 0.05) is 5.92 Å². The van der Waals surface area contributed by atoms with Gasteiger partial charge in [0.05, 0.1) is 6.20 Å². The summed E-state index contributed by atoms with van der Waals surface area (Å²) in [6.07, 6.45) is 1.45. The maximum Gasteiger partial charge on any atom is 0.340 e. The molecule has 0 bridgehead atoms. The Bertz CT molecular complexity index is 575. The van der Waals surface area contributed by atoms with Crippen molar-refractivity contribution in [3.63, 3.8) is 0 Å². The monoisotopic (exact) mass is 194 g/mol. The first kappa shape index (κ1) is 8.74. The van der Waals surface area contributed by atoms with Crippen molar-refractivity contribution in [2.75, 3.05) is 0 Å². The van der Waals surface area contributed by atoms with Gasteiger partial charge in [0.25, 0.3) is 5.56 Å². The smallest absolute Gasteiger partial charge is 0.271 e. The lowest BCUT2D eigenvalue weighted by Crippen LogP contribution is -2.26. The largest absolute Gasteiger partial charge is 0.340 e. The molecule has 0 aliphatic carbocycles. The maximum absolute atomic E-state index is 11.3. The molecule has 2 N–H and O–H groups in total. The standard InChI is InChI=1S/C8H10N4O2/c1-4(2)6-9-3-5-7(13)10-8(14)11-12(5)6/h3-4H,1-2H3,(H2,10,11,13,14). The van der Waals surface area contributed by atoms with Crippen LogP contribution < -0.4 is 11.2 Å². The molecule has 14 heavy (non-hydrogen) atoms. The molecule has 74 valence electrons. The van der Waals surface area contributed by atoms with Crippen LogP contribution >= 0.6 is 0 Å². The van der Waals surface area contributed by atoms with Gasteiger partial charge in [-0.05, 0) is 0 Å². The van der Waals surface area contributed by atoms with Crippen LogP contribution in [0.4, 0.5) is 0 Å². The minimum absolute atomic E-state index is 0.148. The van der Waals surface area contributed by atoms with E-state index in [4.69, 9.17) is 0 Å². The molecular formula is C8H10N4O2. The van der Waals surface area contributed by atoms with Crippen LogP contribution in [0.1, 0.15) is 25.6 Å². The van der Waals surface area contributed by atoms with Gasteiger partial charge in [0.15, 0.2) is 0 Å². The van der Waals surface area contributed by atoms with Crippen LogP contribution in [0.2, 0.25) is 0 Å². The van der Waals surface area contributed by atoms with Gasteiger partial charge in [-0.25, -0.2) is 19.4 Å². The average Bonchev–Trinajstić information content (AvgIpc) is 2.47. The lowest BCUT2D eigenvalue weighted by atomic mass is 10.2. The van der Waals surface area contributed by atoms with Crippen LogP contribution in [-0.4, -0.2) is 19.6 Å². The quantitative estimate of drug-likeness (QED) is 0.661. The Morgan fingerprint density at radius 2 is 2.14 bits per heavy atom. The fraction of sp³-hybridized carbons (Fsp3) is 0.375. The van der Waals surface area contributed by atoms with Gasteiger partial charge in [0.2, 0.25) is 0 Å². The third-order valence-corrected chi connectivity index (χ3v) is 1.98. The molecule has 0 spiro atoms. The van der Waals surface area contributed by atoms with Crippen molar-refractivity contribution in [3.8, 4) is 0 Å². The number of aromatic amines is 2. The van der Waals surface area contributed by atoms with E-state index in [2.05, 4.69) is 15.1 Å². The van der Waals surface area contributed by atoms with Crippen molar-refractivity contribution in [2.45, 2.75) is 19.8 Å². The van der Waals surface area contributed by atoms with Gasteiger partial charge in [-0.15, -0.1) is 0 Å². The summed E-state index contributed by atoms with van der Waals surface area (Å²) in [6, 6.07) is 0. The number of hydrogen-bond acceptors (Lipinski definition) is 3. The average molecular weight is 194 g/mol. The summed E-state index contributed by atoms with van der Waals surface area (Å²) in [5.41, 5.74) is -0.594.